The standard InChI is InChI=1S/C18H19NO6/c1-23-16(21)18(17(22)24-2)12-14(18)10-6-7-11-25-19-15(20)13-8-4-3-5-9-13/h3-6,8-9H,7,11-12H2,1-2H3,(H,19,20). The van der Waals surface area contributed by atoms with Crippen LogP contribution in [0.5, 0.6) is 0 Å². The molecule has 1 fully saturated rings. The van der Waals surface area contributed by atoms with Gasteiger partial charge in [-0.3, -0.25) is 19.2 Å². The number of carbonyl (C=O) groups is 3. The lowest BCUT2D eigenvalue weighted by molar-refractivity contribution is -0.160. The second-order valence-electron chi connectivity index (χ2n) is 5.33. The maximum absolute atomic E-state index is 11.8. The Morgan fingerprint density at radius 1 is 1.16 bits per heavy atom. The van der Waals surface area contributed by atoms with Crippen LogP contribution in [0.25, 0.3) is 0 Å². The third-order valence-corrected chi connectivity index (χ3v) is 3.74. The van der Waals surface area contributed by atoms with Crippen molar-refractivity contribution in [1.82, 2.24) is 5.48 Å². The van der Waals surface area contributed by atoms with Crippen LogP contribution >= 0.6 is 0 Å². The van der Waals surface area contributed by atoms with E-state index in [4.69, 9.17) is 4.84 Å². The number of hydrogen-bond acceptors (Lipinski definition) is 6. The van der Waals surface area contributed by atoms with Crippen molar-refractivity contribution in [2.75, 3.05) is 20.8 Å². The zero-order valence-corrected chi connectivity index (χ0v) is 14.0. The van der Waals surface area contributed by atoms with E-state index in [0.29, 0.717) is 17.6 Å². The summed E-state index contributed by atoms with van der Waals surface area (Å²) in [5, 5.41) is 0. The molecule has 0 unspecified atom stereocenters. The zero-order valence-electron chi connectivity index (χ0n) is 14.0. The molecule has 2 rings (SSSR count). The highest BCUT2D eigenvalue weighted by atomic mass is 16.6. The van der Waals surface area contributed by atoms with Crippen molar-refractivity contribution in [3.05, 3.63) is 53.3 Å². The van der Waals surface area contributed by atoms with E-state index in [1.807, 2.05) is 6.07 Å². The van der Waals surface area contributed by atoms with E-state index in [1.165, 1.54) is 14.2 Å². The molecule has 1 amide bonds. The number of nitrogens with one attached hydrogen (secondary N) is 1. The van der Waals surface area contributed by atoms with Gasteiger partial charge in [0.15, 0.2) is 5.41 Å². The van der Waals surface area contributed by atoms with Gasteiger partial charge in [0.1, 0.15) is 0 Å². The third-order valence-electron chi connectivity index (χ3n) is 3.74. The summed E-state index contributed by atoms with van der Waals surface area (Å²) in [7, 11) is 2.44. The van der Waals surface area contributed by atoms with Crippen LogP contribution in [0.3, 0.4) is 0 Å². The van der Waals surface area contributed by atoms with E-state index < -0.39 is 17.4 Å². The molecule has 1 N–H and O–H groups in total. The van der Waals surface area contributed by atoms with Crippen LogP contribution in [0.1, 0.15) is 23.2 Å². The number of carbonyl (C=O) groups excluding carboxylic acids is 3. The molecule has 0 spiro atoms. The average molecular weight is 345 g/mol. The van der Waals surface area contributed by atoms with Crippen LogP contribution in [0.15, 0.2) is 47.7 Å². The first-order chi connectivity index (χ1) is 12.1. The van der Waals surface area contributed by atoms with Crippen LogP contribution in [-0.4, -0.2) is 38.7 Å². The fourth-order valence-corrected chi connectivity index (χ4v) is 2.30. The maximum atomic E-state index is 11.8. The quantitative estimate of drug-likeness (QED) is 0.265. The molecule has 1 aliphatic carbocycles. The van der Waals surface area contributed by atoms with Gasteiger partial charge < -0.3 is 9.47 Å². The monoisotopic (exact) mass is 345 g/mol. The SMILES string of the molecule is COC(=O)C1(C(=O)OC)CC1=C=CCCONC(=O)c1ccccc1. The van der Waals surface area contributed by atoms with Gasteiger partial charge in [-0.1, -0.05) is 18.2 Å². The first-order valence-corrected chi connectivity index (χ1v) is 7.64. The molecule has 0 aromatic heterocycles. The third kappa shape index (κ3) is 4.15. The Hall–Kier alpha value is -2.89. The molecular formula is C18H19NO6. The van der Waals surface area contributed by atoms with E-state index in [9.17, 15) is 14.4 Å². The highest BCUT2D eigenvalue weighted by molar-refractivity contribution is 6.08. The Morgan fingerprint density at radius 2 is 1.80 bits per heavy atom. The Bertz CT molecular complexity index is 702. The fraction of sp³-hybridized carbons (Fsp3) is 0.333. The minimum absolute atomic E-state index is 0.225. The minimum Gasteiger partial charge on any atom is -0.468 e. The predicted octanol–water partition coefficient (Wildman–Crippen LogP) is 1.56. The van der Waals surface area contributed by atoms with Gasteiger partial charge in [0.2, 0.25) is 0 Å². The van der Waals surface area contributed by atoms with Gasteiger partial charge in [0.25, 0.3) is 5.91 Å². The van der Waals surface area contributed by atoms with Crippen molar-refractivity contribution in [1.29, 1.82) is 0 Å². The second kappa shape index (κ2) is 8.28. The summed E-state index contributed by atoms with van der Waals surface area (Å²) in [5.41, 5.74) is 4.88. The molecule has 0 saturated heterocycles. The number of amides is 1. The fourth-order valence-electron chi connectivity index (χ4n) is 2.30. The van der Waals surface area contributed by atoms with E-state index in [0.717, 1.165) is 0 Å². The van der Waals surface area contributed by atoms with Gasteiger partial charge in [-0.05, 0) is 24.6 Å². The first kappa shape index (κ1) is 18.4. The van der Waals surface area contributed by atoms with E-state index >= 15 is 0 Å². The predicted molar refractivity (Wildman–Crippen MR) is 87.2 cm³/mol. The Morgan fingerprint density at radius 3 is 2.40 bits per heavy atom. The van der Waals surface area contributed by atoms with Crippen molar-refractivity contribution in [3.8, 4) is 0 Å². The Labute approximate surface area is 145 Å². The molecule has 0 radical (unpaired) electrons. The van der Waals surface area contributed by atoms with Crippen LogP contribution in [0.4, 0.5) is 0 Å². The second-order valence-corrected chi connectivity index (χ2v) is 5.33. The summed E-state index contributed by atoms with van der Waals surface area (Å²) < 4.78 is 9.31. The lowest BCUT2D eigenvalue weighted by Gasteiger charge is -2.08. The smallest absolute Gasteiger partial charge is 0.328 e. The summed E-state index contributed by atoms with van der Waals surface area (Å²) in [6.45, 7) is 0.225. The van der Waals surface area contributed by atoms with E-state index in [1.54, 1.807) is 30.3 Å². The van der Waals surface area contributed by atoms with Gasteiger partial charge in [-0.15, -0.1) is 5.73 Å². The molecule has 1 aliphatic rings. The van der Waals surface area contributed by atoms with Gasteiger partial charge in [0, 0.05) is 17.6 Å². The largest absolute Gasteiger partial charge is 0.468 e. The van der Waals surface area contributed by atoms with Gasteiger partial charge >= 0.3 is 11.9 Å². The van der Waals surface area contributed by atoms with E-state index in [2.05, 4.69) is 20.7 Å². The topological polar surface area (TPSA) is 90.9 Å². The lowest BCUT2D eigenvalue weighted by Crippen LogP contribution is -2.28. The van der Waals surface area contributed by atoms with Crippen LogP contribution < -0.4 is 5.48 Å². The summed E-state index contributed by atoms with van der Waals surface area (Å²) in [5.74, 6) is -1.64. The summed E-state index contributed by atoms with van der Waals surface area (Å²) >= 11 is 0. The number of benzene rings is 1. The van der Waals surface area contributed by atoms with Crippen molar-refractivity contribution in [2.45, 2.75) is 12.8 Å². The highest BCUT2D eigenvalue weighted by Gasteiger charge is 2.64. The number of rotatable bonds is 7. The number of esters is 2. The van der Waals surface area contributed by atoms with Crippen LogP contribution in [0.2, 0.25) is 0 Å². The van der Waals surface area contributed by atoms with Gasteiger partial charge in [-0.2, -0.15) is 0 Å². The van der Waals surface area contributed by atoms with Crippen LogP contribution in [-0.2, 0) is 23.9 Å². The van der Waals surface area contributed by atoms with Crippen molar-refractivity contribution < 1.29 is 28.7 Å². The first-order valence-electron chi connectivity index (χ1n) is 7.64. The molecular weight excluding hydrogens is 326 g/mol. The van der Waals surface area contributed by atoms with Crippen LogP contribution in [0, 0.1) is 5.41 Å². The molecule has 7 nitrogen and oxygen atoms in total. The van der Waals surface area contributed by atoms with Gasteiger partial charge in [0.05, 0.1) is 20.8 Å². The molecule has 0 heterocycles. The number of hydrogen-bond donors (Lipinski definition) is 1. The van der Waals surface area contributed by atoms with E-state index in [-0.39, 0.29) is 18.9 Å². The molecule has 0 atom stereocenters. The lowest BCUT2D eigenvalue weighted by atomic mass is 10.1. The Kier molecular flexibility index (Phi) is 6.11. The maximum Gasteiger partial charge on any atom is 0.328 e. The summed E-state index contributed by atoms with van der Waals surface area (Å²) in [6.07, 6.45) is 2.31. The number of hydroxylamine groups is 1. The molecule has 1 aromatic rings. The summed E-state index contributed by atoms with van der Waals surface area (Å²) in [6, 6.07) is 8.68. The molecule has 0 aliphatic heterocycles. The molecule has 1 aromatic carbocycles. The highest BCUT2D eigenvalue weighted by Crippen LogP contribution is 2.53. The molecule has 132 valence electrons. The average Bonchev–Trinajstić information content (AvgIpc) is 3.39. The van der Waals surface area contributed by atoms with Crippen molar-refractivity contribution in [3.63, 3.8) is 0 Å². The number of methoxy groups -OCH3 is 2. The molecule has 0 bridgehead atoms. The molecule has 25 heavy (non-hydrogen) atoms. The Balaban J connectivity index is 1.81. The van der Waals surface area contributed by atoms with Crippen molar-refractivity contribution >= 4 is 17.8 Å². The van der Waals surface area contributed by atoms with Gasteiger partial charge in [-0.25, -0.2) is 5.48 Å². The minimum atomic E-state index is -1.36. The summed E-state index contributed by atoms with van der Waals surface area (Å²) in [4.78, 5) is 40.4. The normalized spacial score (nSPS) is 14.1. The zero-order chi connectivity index (χ0) is 18.3. The molecule has 7 heteroatoms. The molecule has 1 saturated carbocycles. The van der Waals surface area contributed by atoms with Crippen molar-refractivity contribution in [2.24, 2.45) is 5.41 Å². The number of ether oxygens (including phenoxy) is 2.